The van der Waals surface area contributed by atoms with E-state index in [2.05, 4.69) is 21.2 Å². The first kappa shape index (κ1) is 12.6. The fraction of sp³-hybridized carbons (Fsp3) is 0.444. The molecule has 1 heterocycles. The van der Waals surface area contributed by atoms with Crippen molar-refractivity contribution >= 4 is 33.2 Å². The summed E-state index contributed by atoms with van der Waals surface area (Å²) in [6, 6.07) is 1.95. The molecule has 0 aromatic carbocycles. The lowest BCUT2D eigenvalue weighted by Gasteiger charge is -2.12. The highest BCUT2D eigenvalue weighted by Gasteiger charge is 2.15. The summed E-state index contributed by atoms with van der Waals surface area (Å²) in [7, 11) is 1.47. The van der Waals surface area contributed by atoms with Gasteiger partial charge in [-0.3, -0.25) is 4.79 Å². The Morgan fingerprint density at radius 3 is 3.00 bits per heavy atom. The Bertz CT molecular complexity index is 326. The predicted molar refractivity (Wildman–Crippen MR) is 63.7 cm³/mol. The van der Waals surface area contributed by atoms with Crippen molar-refractivity contribution in [3.63, 3.8) is 0 Å². The van der Waals surface area contributed by atoms with Crippen LogP contribution in [0.3, 0.4) is 0 Å². The minimum Gasteiger partial charge on any atom is -0.370 e. The van der Waals surface area contributed by atoms with Crippen LogP contribution in [0, 0.1) is 0 Å². The lowest BCUT2D eigenvalue weighted by molar-refractivity contribution is -0.130. The number of methoxy groups -OCH3 is 1. The molecule has 6 heteroatoms. The molecule has 1 aromatic rings. The topological polar surface area (TPSA) is 64.3 Å². The number of carbonyl (C=O) groups excluding carboxylic acids is 1. The maximum Gasteiger partial charge on any atom is 0.250 e. The van der Waals surface area contributed by atoms with Crippen molar-refractivity contribution in [1.29, 1.82) is 0 Å². The van der Waals surface area contributed by atoms with Gasteiger partial charge in [0.2, 0.25) is 0 Å². The Balaban J connectivity index is 2.43. The van der Waals surface area contributed by atoms with Gasteiger partial charge in [0.15, 0.2) is 0 Å². The van der Waals surface area contributed by atoms with E-state index in [4.69, 9.17) is 10.5 Å². The second-order valence-corrected chi connectivity index (χ2v) is 4.72. The van der Waals surface area contributed by atoms with Crippen LogP contribution in [0.5, 0.6) is 0 Å². The van der Waals surface area contributed by atoms with Crippen LogP contribution in [0.2, 0.25) is 0 Å². The van der Waals surface area contributed by atoms with Gasteiger partial charge in [0, 0.05) is 23.0 Å². The van der Waals surface area contributed by atoms with Crippen molar-refractivity contribution in [2.75, 3.05) is 13.7 Å². The van der Waals surface area contributed by atoms with E-state index in [1.54, 1.807) is 11.3 Å². The van der Waals surface area contributed by atoms with Crippen molar-refractivity contribution in [3.8, 4) is 0 Å². The molecule has 1 unspecified atom stereocenters. The van der Waals surface area contributed by atoms with Crippen LogP contribution >= 0.6 is 27.3 Å². The number of hydrogen-bond donors (Lipinski definition) is 2. The number of rotatable bonds is 5. The summed E-state index contributed by atoms with van der Waals surface area (Å²) in [4.78, 5) is 12.6. The summed E-state index contributed by atoms with van der Waals surface area (Å²) in [6.07, 6.45) is -0.566. The van der Waals surface area contributed by atoms with Crippen LogP contribution in [-0.4, -0.2) is 25.7 Å². The smallest absolute Gasteiger partial charge is 0.250 e. The van der Waals surface area contributed by atoms with Crippen LogP contribution in [-0.2, 0) is 16.1 Å². The molecule has 0 aliphatic carbocycles. The van der Waals surface area contributed by atoms with Crippen molar-refractivity contribution in [2.45, 2.75) is 12.6 Å². The molecule has 1 rings (SSSR count). The molecule has 0 saturated carbocycles. The molecule has 84 valence electrons. The van der Waals surface area contributed by atoms with Crippen molar-refractivity contribution in [3.05, 3.63) is 20.8 Å². The Labute approximate surface area is 101 Å². The van der Waals surface area contributed by atoms with Crippen molar-refractivity contribution in [1.82, 2.24) is 5.32 Å². The third kappa shape index (κ3) is 3.57. The second-order valence-electron chi connectivity index (χ2n) is 2.87. The van der Waals surface area contributed by atoms with Gasteiger partial charge in [-0.2, -0.15) is 0 Å². The van der Waals surface area contributed by atoms with Gasteiger partial charge in [-0.25, -0.2) is 0 Å². The first-order valence-corrected chi connectivity index (χ1v) is 6.08. The van der Waals surface area contributed by atoms with Crippen LogP contribution in [0.25, 0.3) is 0 Å². The number of ether oxygens (including phenoxy) is 1. The fourth-order valence-electron chi connectivity index (χ4n) is 1.04. The summed E-state index contributed by atoms with van der Waals surface area (Å²) >= 11 is 4.98. The molecule has 4 nitrogen and oxygen atoms in total. The van der Waals surface area contributed by atoms with E-state index in [-0.39, 0.29) is 12.5 Å². The Morgan fingerprint density at radius 2 is 2.53 bits per heavy atom. The van der Waals surface area contributed by atoms with Crippen molar-refractivity contribution < 1.29 is 9.53 Å². The monoisotopic (exact) mass is 292 g/mol. The van der Waals surface area contributed by atoms with Gasteiger partial charge < -0.3 is 15.8 Å². The molecule has 0 aliphatic rings. The first-order valence-electron chi connectivity index (χ1n) is 4.41. The number of nitrogens with two attached hydrogens (primary N) is 1. The molecule has 1 atom stereocenters. The zero-order valence-electron chi connectivity index (χ0n) is 8.33. The highest BCUT2D eigenvalue weighted by atomic mass is 79.9. The van der Waals surface area contributed by atoms with Crippen LogP contribution in [0.15, 0.2) is 15.9 Å². The second kappa shape index (κ2) is 6.22. The molecular formula is C9H13BrN2O2S. The lowest BCUT2D eigenvalue weighted by Crippen LogP contribution is -2.40. The van der Waals surface area contributed by atoms with E-state index in [9.17, 15) is 4.79 Å². The highest BCUT2D eigenvalue weighted by Crippen LogP contribution is 2.22. The standard InChI is InChI=1S/C9H13BrN2O2S/c1-14-7(4-11)9(13)12-5-8-6(10)2-3-15-8/h2-3,7H,4-5,11H2,1H3,(H,12,13). The number of halogens is 1. The normalized spacial score (nSPS) is 12.5. The number of carbonyl (C=O) groups is 1. The molecule has 1 amide bonds. The number of nitrogens with one attached hydrogen (secondary N) is 1. The molecule has 0 bridgehead atoms. The van der Waals surface area contributed by atoms with E-state index in [0.717, 1.165) is 9.35 Å². The maximum atomic E-state index is 11.5. The Morgan fingerprint density at radius 1 is 1.80 bits per heavy atom. The molecule has 0 fully saturated rings. The average Bonchev–Trinajstić information content (AvgIpc) is 2.63. The van der Waals surface area contributed by atoms with Gasteiger partial charge in [-0.05, 0) is 27.4 Å². The molecule has 1 aromatic heterocycles. The summed E-state index contributed by atoms with van der Waals surface area (Å²) in [5.74, 6) is -0.180. The first-order chi connectivity index (χ1) is 7.19. The number of hydrogen-bond acceptors (Lipinski definition) is 4. The summed E-state index contributed by atoms with van der Waals surface area (Å²) in [5.41, 5.74) is 5.37. The summed E-state index contributed by atoms with van der Waals surface area (Å²) in [5, 5.41) is 4.72. The lowest BCUT2D eigenvalue weighted by atomic mass is 10.3. The van der Waals surface area contributed by atoms with Gasteiger partial charge in [0.05, 0.1) is 6.54 Å². The van der Waals surface area contributed by atoms with Gasteiger partial charge in [-0.1, -0.05) is 0 Å². The minimum absolute atomic E-state index is 0.180. The van der Waals surface area contributed by atoms with E-state index < -0.39 is 6.10 Å². The quantitative estimate of drug-likeness (QED) is 0.854. The zero-order valence-corrected chi connectivity index (χ0v) is 10.7. The fourth-order valence-corrected chi connectivity index (χ4v) is 2.47. The van der Waals surface area contributed by atoms with E-state index >= 15 is 0 Å². The highest BCUT2D eigenvalue weighted by molar-refractivity contribution is 9.10. The van der Waals surface area contributed by atoms with Crippen LogP contribution in [0.1, 0.15) is 4.88 Å². The molecule has 0 aliphatic heterocycles. The molecule has 3 N–H and O–H groups in total. The Kier molecular flexibility index (Phi) is 5.24. The van der Waals surface area contributed by atoms with Gasteiger partial charge in [0.1, 0.15) is 6.10 Å². The summed E-state index contributed by atoms with van der Waals surface area (Å²) in [6.45, 7) is 0.685. The van der Waals surface area contributed by atoms with E-state index in [0.29, 0.717) is 6.54 Å². The third-order valence-corrected chi connectivity index (χ3v) is 3.83. The molecule has 0 radical (unpaired) electrons. The molecule has 15 heavy (non-hydrogen) atoms. The largest absolute Gasteiger partial charge is 0.370 e. The molecule has 0 saturated heterocycles. The SMILES string of the molecule is COC(CN)C(=O)NCc1sccc1Br. The minimum atomic E-state index is -0.566. The third-order valence-electron chi connectivity index (χ3n) is 1.91. The van der Waals surface area contributed by atoms with Crippen molar-refractivity contribution in [2.24, 2.45) is 5.73 Å². The van der Waals surface area contributed by atoms with Crippen LogP contribution < -0.4 is 11.1 Å². The number of thiophene rings is 1. The Hall–Kier alpha value is -0.430. The average molecular weight is 293 g/mol. The van der Waals surface area contributed by atoms with Gasteiger partial charge >= 0.3 is 0 Å². The van der Waals surface area contributed by atoms with Gasteiger partial charge in [-0.15, -0.1) is 11.3 Å². The maximum absolute atomic E-state index is 11.5. The summed E-state index contributed by atoms with van der Waals surface area (Å²) < 4.78 is 5.92. The van der Waals surface area contributed by atoms with E-state index in [1.807, 2.05) is 11.4 Å². The molecular weight excluding hydrogens is 280 g/mol. The van der Waals surface area contributed by atoms with Crippen LogP contribution in [0.4, 0.5) is 0 Å². The predicted octanol–water partition coefficient (Wildman–Crippen LogP) is 1.10. The van der Waals surface area contributed by atoms with E-state index in [1.165, 1.54) is 7.11 Å². The zero-order chi connectivity index (χ0) is 11.3. The molecule has 0 spiro atoms. The van der Waals surface area contributed by atoms with Gasteiger partial charge in [0.25, 0.3) is 5.91 Å². The number of amides is 1.